The highest BCUT2D eigenvalue weighted by Gasteiger charge is 2.28. The molecule has 1 heterocycles. The van der Waals surface area contributed by atoms with Crippen molar-refractivity contribution in [3.05, 3.63) is 52.4 Å². The van der Waals surface area contributed by atoms with Crippen LogP contribution in [0, 0.1) is 17.2 Å². The van der Waals surface area contributed by atoms with Gasteiger partial charge in [0.2, 0.25) is 5.91 Å². The van der Waals surface area contributed by atoms with Crippen LogP contribution in [-0.2, 0) is 4.79 Å². The zero-order chi connectivity index (χ0) is 15.4. The lowest BCUT2D eigenvalue weighted by Crippen LogP contribution is -2.28. The molecule has 7 heteroatoms. The number of rotatable bonds is 4. The minimum Gasteiger partial charge on any atom is -0.472 e. The number of hydrogen-bond donors (Lipinski definition) is 1. The molecular formula is C14H8Cl2N2O3. The first-order chi connectivity index (χ1) is 10.0. The van der Waals surface area contributed by atoms with Gasteiger partial charge >= 0.3 is 0 Å². The molecule has 1 unspecified atom stereocenters. The number of hydrogen-bond acceptors (Lipinski definition) is 4. The normalized spacial score (nSPS) is 11.5. The molecule has 0 radical (unpaired) electrons. The van der Waals surface area contributed by atoms with Gasteiger partial charge < -0.3 is 9.73 Å². The number of carbonyl (C=O) groups is 2. The van der Waals surface area contributed by atoms with Gasteiger partial charge in [0.15, 0.2) is 11.7 Å². The third-order valence-corrected chi connectivity index (χ3v) is 3.20. The van der Waals surface area contributed by atoms with E-state index in [0.29, 0.717) is 5.02 Å². The lowest BCUT2D eigenvalue weighted by Gasteiger charge is -2.10. The predicted octanol–water partition coefficient (Wildman–Crippen LogP) is 3.55. The number of halogens is 2. The van der Waals surface area contributed by atoms with Crippen LogP contribution in [0.5, 0.6) is 0 Å². The number of furan rings is 1. The molecule has 0 spiro atoms. The van der Waals surface area contributed by atoms with E-state index in [1.807, 2.05) is 0 Å². The molecule has 0 fully saturated rings. The van der Waals surface area contributed by atoms with Crippen molar-refractivity contribution in [2.24, 2.45) is 5.92 Å². The Hall–Kier alpha value is -2.29. The van der Waals surface area contributed by atoms with Gasteiger partial charge in [0.05, 0.1) is 28.6 Å². The first-order valence-corrected chi connectivity index (χ1v) is 6.50. The van der Waals surface area contributed by atoms with Gasteiger partial charge in [-0.05, 0) is 24.3 Å². The number of anilines is 1. The highest BCUT2D eigenvalue weighted by Crippen LogP contribution is 2.26. The molecule has 0 saturated carbocycles. The van der Waals surface area contributed by atoms with Crippen LogP contribution in [0.25, 0.3) is 0 Å². The van der Waals surface area contributed by atoms with Crippen molar-refractivity contribution >= 4 is 40.6 Å². The Morgan fingerprint density at radius 2 is 2.05 bits per heavy atom. The van der Waals surface area contributed by atoms with Crippen LogP contribution < -0.4 is 5.32 Å². The minimum atomic E-state index is -1.49. The summed E-state index contributed by atoms with van der Waals surface area (Å²) in [6, 6.07) is 7.51. The molecule has 0 saturated heterocycles. The predicted molar refractivity (Wildman–Crippen MR) is 77.2 cm³/mol. The van der Waals surface area contributed by atoms with E-state index in [1.54, 1.807) is 6.07 Å². The molecule has 0 aliphatic carbocycles. The average molecular weight is 323 g/mol. The molecule has 5 nitrogen and oxygen atoms in total. The lowest BCUT2D eigenvalue weighted by molar-refractivity contribution is -0.117. The molecule has 1 atom stereocenters. The smallest absolute Gasteiger partial charge is 0.249 e. The van der Waals surface area contributed by atoms with Gasteiger partial charge in [-0.1, -0.05) is 23.2 Å². The van der Waals surface area contributed by atoms with Crippen molar-refractivity contribution < 1.29 is 14.0 Å². The zero-order valence-electron chi connectivity index (χ0n) is 10.5. The van der Waals surface area contributed by atoms with Crippen LogP contribution in [0.15, 0.2) is 41.2 Å². The molecule has 1 amide bonds. The number of carbonyl (C=O) groups excluding carboxylic acids is 2. The van der Waals surface area contributed by atoms with E-state index in [9.17, 15) is 9.59 Å². The van der Waals surface area contributed by atoms with E-state index in [1.165, 1.54) is 36.8 Å². The Labute approximate surface area is 130 Å². The van der Waals surface area contributed by atoms with Crippen molar-refractivity contribution in [3.8, 4) is 6.07 Å². The molecule has 0 aliphatic heterocycles. The molecule has 21 heavy (non-hydrogen) atoms. The van der Waals surface area contributed by atoms with Crippen molar-refractivity contribution in [2.45, 2.75) is 0 Å². The van der Waals surface area contributed by atoms with Crippen LogP contribution in [0.1, 0.15) is 10.4 Å². The van der Waals surface area contributed by atoms with Gasteiger partial charge in [-0.25, -0.2) is 0 Å². The standard InChI is InChI=1S/C14H8Cl2N2O3/c15-9-1-2-12(11(16)5-9)18-14(20)10(6-17)13(19)8-3-4-21-7-8/h1-5,7,10H,(H,18,20). The number of nitrogens with zero attached hydrogens (tertiary/aromatic N) is 1. The summed E-state index contributed by atoms with van der Waals surface area (Å²) >= 11 is 11.7. The molecule has 2 aromatic rings. The van der Waals surface area contributed by atoms with Crippen molar-refractivity contribution in [3.63, 3.8) is 0 Å². The van der Waals surface area contributed by atoms with E-state index in [4.69, 9.17) is 32.9 Å². The quantitative estimate of drug-likeness (QED) is 0.689. The number of ketones is 1. The Balaban J connectivity index is 2.18. The topological polar surface area (TPSA) is 83.1 Å². The lowest BCUT2D eigenvalue weighted by atomic mass is 10.00. The molecule has 2 rings (SSSR count). The van der Waals surface area contributed by atoms with E-state index in [2.05, 4.69) is 5.32 Å². The summed E-state index contributed by atoms with van der Waals surface area (Å²) in [6.07, 6.45) is 2.46. The third kappa shape index (κ3) is 3.43. The van der Waals surface area contributed by atoms with E-state index in [-0.39, 0.29) is 16.3 Å². The summed E-state index contributed by atoms with van der Waals surface area (Å²) in [5, 5.41) is 12.1. The van der Waals surface area contributed by atoms with Crippen LogP contribution >= 0.6 is 23.2 Å². The molecule has 1 aromatic heterocycles. The average Bonchev–Trinajstić information content (AvgIpc) is 2.96. The fourth-order valence-electron chi connectivity index (χ4n) is 1.60. The number of amides is 1. The minimum absolute atomic E-state index is 0.152. The Kier molecular flexibility index (Phi) is 4.63. The largest absolute Gasteiger partial charge is 0.472 e. The van der Waals surface area contributed by atoms with Gasteiger partial charge in [-0.15, -0.1) is 0 Å². The Morgan fingerprint density at radius 1 is 1.29 bits per heavy atom. The summed E-state index contributed by atoms with van der Waals surface area (Å²) in [5.41, 5.74) is 0.421. The molecule has 1 N–H and O–H groups in total. The number of Topliss-reactive ketones (excluding diaryl/α,β-unsaturated/α-hetero) is 1. The van der Waals surface area contributed by atoms with Crippen LogP contribution in [-0.4, -0.2) is 11.7 Å². The highest BCUT2D eigenvalue weighted by molar-refractivity contribution is 6.36. The van der Waals surface area contributed by atoms with E-state index >= 15 is 0 Å². The Morgan fingerprint density at radius 3 is 2.62 bits per heavy atom. The van der Waals surface area contributed by atoms with E-state index < -0.39 is 17.6 Å². The second kappa shape index (κ2) is 6.44. The van der Waals surface area contributed by atoms with E-state index in [0.717, 1.165) is 0 Å². The number of nitriles is 1. The maximum Gasteiger partial charge on any atom is 0.249 e. The fraction of sp³-hybridized carbons (Fsp3) is 0.0714. The molecule has 0 aliphatic rings. The SMILES string of the molecule is N#CC(C(=O)Nc1ccc(Cl)cc1Cl)C(=O)c1ccoc1. The monoisotopic (exact) mass is 322 g/mol. The van der Waals surface area contributed by atoms with Gasteiger partial charge in [0.25, 0.3) is 0 Å². The first kappa shape index (κ1) is 15.1. The second-order valence-corrected chi connectivity index (χ2v) is 4.90. The molecule has 0 bridgehead atoms. The molecule has 1 aromatic carbocycles. The molecular weight excluding hydrogens is 315 g/mol. The van der Waals surface area contributed by atoms with Gasteiger partial charge in [-0.3, -0.25) is 9.59 Å². The maximum atomic E-state index is 12.0. The van der Waals surface area contributed by atoms with Gasteiger partial charge in [0, 0.05) is 5.02 Å². The summed E-state index contributed by atoms with van der Waals surface area (Å²) < 4.78 is 4.76. The summed E-state index contributed by atoms with van der Waals surface area (Å²) in [5.74, 6) is -2.91. The first-order valence-electron chi connectivity index (χ1n) is 5.75. The fourth-order valence-corrected chi connectivity index (χ4v) is 2.06. The molecule has 106 valence electrons. The summed E-state index contributed by atoms with van der Waals surface area (Å²) in [7, 11) is 0. The van der Waals surface area contributed by atoms with Crippen LogP contribution in [0.2, 0.25) is 10.0 Å². The number of nitrogens with one attached hydrogen (secondary N) is 1. The van der Waals surface area contributed by atoms with Crippen molar-refractivity contribution in [1.29, 1.82) is 5.26 Å². The van der Waals surface area contributed by atoms with Crippen molar-refractivity contribution in [2.75, 3.05) is 5.32 Å². The maximum absolute atomic E-state index is 12.0. The van der Waals surface area contributed by atoms with Crippen molar-refractivity contribution in [1.82, 2.24) is 0 Å². The van der Waals surface area contributed by atoms with Gasteiger partial charge in [-0.2, -0.15) is 5.26 Å². The third-order valence-electron chi connectivity index (χ3n) is 2.65. The summed E-state index contributed by atoms with van der Waals surface area (Å²) in [6.45, 7) is 0. The Bertz CT molecular complexity index is 720. The van der Waals surface area contributed by atoms with Crippen LogP contribution in [0.4, 0.5) is 5.69 Å². The highest BCUT2D eigenvalue weighted by atomic mass is 35.5. The summed E-state index contributed by atoms with van der Waals surface area (Å²) in [4.78, 5) is 24.1. The van der Waals surface area contributed by atoms with Crippen LogP contribution in [0.3, 0.4) is 0 Å². The number of benzene rings is 1. The van der Waals surface area contributed by atoms with Gasteiger partial charge in [0.1, 0.15) is 6.26 Å². The second-order valence-electron chi connectivity index (χ2n) is 4.05. The zero-order valence-corrected chi connectivity index (χ0v) is 12.0.